The average molecular weight is 237 g/mol. The van der Waals surface area contributed by atoms with Crippen LogP contribution >= 0.6 is 22.6 Å². The molecule has 3 heteroatoms. The molecule has 0 saturated heterocycles. The van der Waals surface area contributed by atoms with E-state index in [4.69, 9.17) is 0 Å². The molecule has 0 aliphatic carbocycles. The Hall–Kier alpha value is -0.190. The molecule has 1 aromatic heterocycles. The topological polar surface area (TPSA) is 12.9 Å². The first-order valence-corrected chi connectivity index (χ1v) is 3.56. The smallest absolute Gasteiger partial charge is 0.155 e. The van der Waals surface area contributed by atoms with Crippen molar-refractivity contribution in [2.75, 3.05) is 0 Å². The Morgan fingerprint density at radius 3 is 2.67 bits per heavy atom. The summed E-state index contributed by atoms with van der Waals surface area (Å²) in [6.07, 6.45) is 0. The molecule has 0 amide bonds. The maximum Gasteiger partial charge on any atom is 0.155 e. The Labute approximate surface area is 66.4 Å². The number of halogens is 2. The highest BCUT2D eigenvalue weighted by Gasteiger charge is 1.96. The van der Waals surface area contributed by atoms with Gasteiger partial charge in [-0.2, -0.15) is 0 Å². The lowest BCUT2D eigenvalue weighted by molar-refractivity contribution is 0.610. The van der Waals surface area contributed by atoms with Gasteiger partial charge in [-0.1, -0.05) is 0 Å². The number of aromatic nitrogens is 1. The van der Waals surface area contributed by atoms with E-state index >= 15 is 0 Å². The molecular formula is C6H5FIN. The predicted octanol–water partition coefficient (Wildman–Crippen LogP) is 2.13. The molecule has 1 rings (SSSR count). The van der Waals surface area contributed by atoms with Gasteiger partial charge in [0.2, 0.25) is 0 Å². The normalized spacial score (nSPS) is 9.67. The van der Waals surface area contributed by atoms with Gasteiger partial charge in [0, 0.05) is 5.69 Å². The van der Waals surface area contributed by atoms with E-state index in [-0.39, 0.29) is 5.82 Å². The van der Waals surface area contributed by atoms with Crippen LogP contribution in [0.1, 0.15) is 5.69 Å². The Morgan fingerprint density at radius 2 is 2.22 bits per heavy atom. The fourth-order valence-electron chi connectivity index (χ4n) is 0.508. The summed E-state index contributed by atoms with van der Waals surface area (Å²) >= 11 is 1.86. The number of hydrogen-bond donors (Lipinski definition) is 0. The van der Waals surface area contributed by atoms with Crippen molar-refractivity contribution < 1.29 is 4.39 Å². The standard InChI is InChI=1S/C6H5FIN/c1-4-2-3-5(7)6(8)9-4/h2-3H,1H3. The third kappa shape index (κ3) is 1.61. The maximum atomic E-state index is 12.4. The van der Waals surface area contributed by atoms with Crippen molar-refractivity contribution in [2.45, 2.75) is 6.92 Å². The average Bonchev–Trinajstić information content (AvgIpc) is 1.80. The summed E-state index contributed by atoms with van der Waals surface area (Å²) in [7, 11) is 0. The number of hydrogen-bond acceptors (Lipinski definition) is 1. The van der Waals surface area contributed by atoms with Crippen LogP contribution in [-0.2, 0) is 0 Å². The van der Waals surface area contributed by atoms with Crippen molar-refractivity contribution in [3.63, 3.8) is 0 Å². The highest BCUT2D eigenvalue weighted by molar-refractivity contribution is 14.1. The maximum absolute atomic E-state index is 12.4. The Morgan fingerprint density at radius 1 is 1.56 bits per heavy atom. The summed E-state index contributed by atoms with van der Waals surface area (Å²) in [5, 5.41) is 0. The van der Waals surface area contributed by atoms with Crippen molar-refractivity contribution >= 4 is 22.6 Å². The fourth-order valence-corrected chi connectivity index (χ4v) is 1.07. The minimum Gasteiger partial charge on any atom is -0.244 e. The van der Waals surface area contributed by atoms with Crippen LogP contribution in [0.2, 0.25) is 0 Å². The first kappa shape index (κ1) is 6.92. The summed E-state index contributed by atoms with van der Waals surface area (Å²) in [5.74, 6) is -0.249. The third-order valence-corrected chi connectivity index (χ3v) is 1.70. The van der Waals surface area contributed by atoms with E-state index in [1.54, 1.807) is 6.07 Å². The largest absolute Gasteiger partial charge is 0.244 e. The van der Waals surface area contributed by atoms with Gasteiger partial charge in [-0.3, -0.25) is 0 Å². The molecule has 0 atom stereocenters. The molecule has 1 heterocycles. The second-order valence-corrected chi connectivity index (χ2v) is 2.75. The quantitative estimate of drug-likeness (QED) is 0.497. The van der Waals surface area contributed by atoms with Gasteiger partial charge in [0.05, 0.1) is 0 Å². The number of rotatable bonds is 0. The van der Waals surface area contributed by atoms with Crippen LogP contribution in [0.25, 0.3) is 0 Å². The lowest BCUT2D eigenvalue weighted by Crippen LogP contribution is -1.88. The third-order valence-electron chi connectivity index (χ3n) is 0.942. The van der Waals surface area contributed by atoms with Gasteiger partial charge >= 0.3 is 0 Å². The zero-order chi connectivity index (χ0) is 6.85. The van der Waals surface area contributed by atoms with E-state index < -0.39 is 0 Å². The van der Waals surface area contributed by atoms with E-state index in [1.165, 1.54) is 6.07 Å². The summed E-state index contributed by atoms with van der Waals surface area (Å²) in [4.78, 5) is 3.88. The zero-order valence-electron chi connectivity index (χ0n) is 4.86. The molecule has 0 spiro atoms. The van der Waals surface area contributed by atoms with Crippen molar-refractivity contribution in [3.05, 3.63) is 27.3 Å². The number of aryl methyl sites for hydroxylation is 1. The van der Waals surface area contributed by atoms with E-state index in [0.29, 0.717) is 3.70 Å². The van der Waals surface area contributed by atoms with E-state index in [1.807, 2.05) is 29.5 Å². The molecule has 0 saturated carbocycles. The molecule has 0 bridgehead atoms. The van der Waals surface area contributed by atoms with Gasteiger partial charge in [0.1, 0.15) is 3.70 Å². The number of nitrogens with zero attached hydrogens (tertiary/aromatic N) is 1. The van der Waals surface area contributed by atoms with Crippen LogP contribution in [0.4, 0.5) is 4.39 Å². The molecule has 9 heavy (non-hydrogen) atoms. The molecule has 0 unspecified atom stereocenters. The van der Waals surface area contributed by atoms with Gasteiger partial charge in [0.15, 0.2) is 5.82 Å². The second kappa shape index (κ2) is 2.60. The molecular weight excluding hydrogens is 232 g/mol. The summed E-state index contributed by atoms with van der Waals surface area (Å²) in [6.45, 7) is 1.83. The molecule has 0 radical (unpaired) electrons. The lowest BCUT2D eigenvalue weighted by atomic mass is 10.4. The van der Waals surface area contributed by atoms with Gasteiger partial charge < -0.3 is 0 Å². The van der Waals surface area contributed by atoms with Gasteiger partial charge in [-0.15, -0.1) is 0 Å². The van der Waals surface area contributed by atoms with Crippen LogP contribution in [0.3, 0.4) is 0 Å². The molecule has 0 fully saturated rings. The fraction of sp³-hybridized carbons (Fsp3) is 0.167. The predicted molar refractivity (Wildman–Crippen MR) is 41.6 cm³/mol. The second-order valence-electron chi connectivity index (χ2n) is 1.73. The highest BCUT2D eigenvalue weighted by Crippen LogP contribution is 2.06. The number of pyridine rings is 1. The van der Waals surface area contributed by atoms with Crippen LogP contribution in [0.15, 0.2) is 12.1 Å². The zero-order valence-corrected chi connectivity index (χ0v) is 7.02. The molecule has 1 nitrogen and oxygen atoms in total. The van der Waals surface area contributed by atoms with Crippen LogP contribution < -0.4 is 0 Å². The minimum atomic E-state index is -0.249. The van der Waals surface area contributed by atoms with Gasteiger partial charge in [-0.25, -0.2) is 9.37 Å². The van der Waals surface area contributed by atoms with Crippen molar-refractivity contribution in [3.8, 4) is 0 Å². The first-order chi connectivity index (χ1) is 4.20. The van der Waals surface area contributed by atoms with Crippen molar-refractivity contribution in [1.29, 1.82) is 0 Å². The molecule has 0 N–H and O–H groups in total. The van der Waals surface area contributed by atoms with Crippen molar-refractivity contribution in [2.24, 2.45) is 0 Å². The molecule has 0 aliphatic rings. The van der Waals surface area contributed by atoms with E-state index in [9.17, 15) is 4.39 Å². The lowest BCUT2D eigenvalue weighted by Gasteiger charge is -1.92. The first-order valence-electron chi connectivity index (χ1n) is 2.49. The molecule has 48 valence electrons. The van der Waals surface area contributed by atoms with Crippen LogP contribution in [0.5, 0.6) is 0 Å². The molecule has 1 aromatic rings. The SMILES string of the molecule is Cc1ccc(F)c(I)n1. The Bertz CT molecular complexity index is 224. The van der Waals surface area contributed by atoms with E-state index in [2.05, 4.69) is 4.98 Å². The monoisotopic (exact) mass is 237 g/mol. The van der Waals surface area contributed by atoms with Crippen molar-refractivity contribution in [1.82, 2.24) is 4.98 Å². The Balaban J connectivity index is 3.17. The van der Waals surface area contributed by atoms with Crippen LogP contribution in [-0.4, -0.2) is 4.98 Å². The molecule has 0 aromatic carbocycles. The minimum absolute atomic E-state index is 0.249. The summed E-state index contributed by atoms with van der Waals surface area (Å²) < 4.78 is 12.9. The summed E-state index contributed by atoms with van der Waals surface area (Å²) in [6, 6.07) is 3.07. The highest BCUT2D eigenvalue weighted by atomic mass is 127. The van der Waals surface area contributed by atoms with Gasteiger partial charge in [-0.05, 0) is 41.6 Å². The van der Waals surface area contributed by atoms with E-state index in [0.717, 1.165) is 5.69 Å². The van der Waals surface area contributed by atoms with Gasteiger partial charge in [0.25, 0.3) is 0 Å². The summed E-state index contributed by atoms with van der Waals surface area (Å²) in [5.41, 5.74) is 0.848. The van der Waals surface area contributed by atoms with Crippen LogP contribution in [0, 0.1) is 16.4 Å². The Kier molecular flexibility index (Phi) is 2.00. The molecule has 0 aliphatic heterocycles.